The van der Waals surface area contributed by atoms with Gasteiger partial charge in [-0.3, -0.25) is 9.78 Å². The van der Waals surface area contributed by atoms with E-state index in [1.807, 2.05) is 36.1 Å². The Morgan fingerprint density at radius 2 is 1.96 bits per heavy atom. The van der Waals surface area contributed by atoms with Crippen molar-refractivity contribution in [2.45, 2.75) is 25.8 Å². The van der Waals surface area contributed by atoms with Crippen molar-refractivity contribution in [3.05, 3.63) is 35.5 Å². The molecule has 0 radical (unpaired) electrons. The molecule has 2 heterocycles. The molecule has 1 aliphatic heterocycles. The minimum absolute atomic E-state index is 0.0851. The van der Waals surface area contributed by atoms with Gasteiger partial charge in [-0.05, 0) is 58.1 Å². The Morgan fingerprint density at radius 3 is 2.58 bits per heavy atom. The zero-order chi connectivity index (χ0) is 17.3. The number of hydrogen-bond acceptors (Lipinski definition) is 4. The van der Waals surface area contributed by atoms with Crippen LogP contribution in [0.4, 0.5) is 0 Å². The number of fused-ring (bicyclic) bond motifs is 1. The van der Waals surface area contributed by atoms with Crippen LogP contribution in [0, 0.1) is 6.92 Å². The highest BCUT2D eigenvalue weighted by molar-refractivity contribution is 5.98. The maximum atomic E-state index is 12.9. The van der Waals surface area contributed by atoms with E-state index in [4.69, 9.17) is 4.74 Å². The van der Waals surface area contributed by atoms with Crippen molar-refractivity contribution in [1.82, 2.24) is 14.8 Å². The van der Waals surface area contributed by atoms with E-state index in [0.29, 0.717) is 11.6 Å². The van der Waals surface area contributed by atoms with Gasteiger partial charge in [-0.25, -0.2) is 0 Å². The highest BCUT2D eigenvalue weighted by atomic mass is 16.5. The number of likely N-dealkylation sites (tertiary alicyclic amines) is 1. The molecule has 1 aromatic heterocycles. The lowest BCUT2D eigenvalue weighted by Crippen LogP contribution is -2.44. The molecule has 128 valence electrons. The SMILES string of the molecule is COc1ccc2nc(C)c(C(=O)N3CCC(N(C)C)CC3)cc2c1. The second-order valence-corrected chi connectivity index (χ2v) is 6.67. The summed E-state index contributed by atoms with van der Waals surface area (Å²) in [4.78, 5) is 21.7. The summed E-state index contributed by atoms with van der Waals surface area (Å²) in [6.07, 6.45) is 2.04. The van der Waals surface area contributed by atoms with Crippen molar-refractivity contribution < 1.29 is 9.53 Å². The summed E-state index contributed by atoms with van der Waals surface area (Å²) in [6, 6.07) is 8.26. The second kappa shape index (κ2) is 6.77. The monoisotopic (exact) mass is 327 g/mol. The Hall–Kier alpha value is -2.14. The number of pyridine rings is 1. The molecule has 1 aliphatic rings. The average Bonchev–Trinajstić information content (AvgIpc) is 2.60. The summed E-state index contributed by atoms with van der Waals surface area (Å²) < 4.78 is 5.28. The van der Waals surface area contributed by atoms with E-state index in [1.54, 1.807) is 7.11 Å². The molecule has 1 amide bonds. The van der Waals surface area contributed by atoms with Crippen LogP contribution in [0.25, 0.3) is 10.9 Å². The Morgan fingerprint density at radius 1 is 1.25 bits per heavy atom. The number of benzene rings is 1. The maximum Gasteiger partial charge on any atom is 0.255 e. The predicted octanol–water partition coefficient (Wildman–Crippen LogP) is 2.72. The van der Waals surface area contributed by atoms with Gasteiger partial charge in [0.15, 0.2) is 0 Å². The van der Waals surface area contributed by atoms with Gasteiger partial charge in [-0.15, -0.1) is 0 Å². The number of hydrogen-bond donors (Lipinski definition) is 0. The molecule has 1 fully saturated rings. The van der Waals surface area contributed by atoms with Crippen LogP contribution < -0.4 is 4.74 Å². The number of piperidine rings is 1. The number of carbonyl (C=O) groups excluding carboxylic acids is 1. The number of aryl methyl sites for hydroxylation is 1. The summed E-state index contributed by atoms with van der Waals surface area (Å²) in [5, 5.41) is 0.937. The molecule has 2 aromatic rings. The first-order valence-corrected chi connectivity index (χ1v) is 8.40. The first kappa shape index (κ1) is 16.7. The van der Waals surface area contributed by atoms with Gasteiger partial charge in [-0.1, -0.05) is 0 Å². The van der Waals surface area contributed by atoms with Gasteiger partial charge in [0.2, 0.25) is 0 Å². The fourth-order valence-electron chi connectivity index (χ4n) is 3.35. The topological polar surface area (TPSA) is 45.7 Å². The number of ether oxygens (including phenoxy) is 1. The van der Waals surface area contributed by atoms with Gasteiger partial charge in [0.1, 0.15) is 5.75 Å². The number of amides is 1. The molecule has 0 atom stereocenters. The van der Waals surface area contributed by atoms with E-state index >= 15 is 0 Å². The third-order valence-corrected chi connectivity index (χ3v) is 4.92. The molecule has 0 aliphatic carbocycles. The van der Waals surface area contributed by atoms with Crippen LogP contribution in [-0.4, -0.2) is 61.0 Å². The molecule has 5 heteroatoms. The highest BCUT2D eigenvalue weighted by Gasteiger charge is 2.25. The Bertz CT molecular complexity index is 750. The van der Waals surface area contributed by atoms with Gasteiger partial charge in [0, 0.05) is 24.5 Å². The zero-order valence-electron chi connectivity index (χ0n) is 14.9. The minimum atomic E-state index is 0.0851. The standard InChI is InChI=1S/C19H25N3O2/c1-13-17(12-14-11-16(24-4)5-6-18(14)20-13)19(23)22-9-7-15(8-10-22)21(2)3/h5-6,11-12,15H,7-10H2,1-4H3. The summed E-state index contributed by atoms with van der Waals surface area (Å²) in [5.41, 5.74) is 2.36. The third-order valence-electron chi connectivity index (χ3n) is 4.92. The van der Waals surface area contributed by atoms with Crippen molar-refractivity contribution in [2.24, 2.45) is 0 Å². The molecule has 24 heavy (non-hydrogen) atoms. The Labute approximate surface area is 143 Å². The Balaban J connectivity index is 1.85. The number of carbonyl (C=O) groups is 1. The molecule has 5 nitrogen and oxygen atoms in total. The van der Waals surface area contributed by atoms with Crippen LogP contribution in [0.3, 0.4) is 0 Å². The molecule has 0 bridgehead atoms. The number of rotatable bonds is 3. The maximum absolute atomic E-state index is 12.9. The van der Waals surface area contributed by atoms with Crippen molar-refractivity contribution in [1.29, 1.82) is 0 Å². The predicted molar refractivity (Wildman–Crippen MR) is 95.6 cm³/mol. The van der Waals surface area contributed by atoms with Crippen molar-refractivity contribution in [3.63, 3.8) is 0 Å². The van der Waals surface area contributed by atoms with Gasteiger partial charge in [-0.2, -0.15) is 0 Å². The van der Waals surface area contributed by atoms with Gasteiger partial charge < -0.3 is 14.5 Å². The van der Waals surface area contributed by atoms with Crippen LogP contribution in [0.5, 0.6) is 5.75 Å². The quantitative estimate of drug-likeness (QED) is 0.869. The van der Waals surface area contributed by atoms with Crippen molar-refractivity contribution in [2.75, 3.05) is 34.3 Å². The molecule has 0 N–H and O–H groups in total. The first-order chi connectivity index (χ1) is 11.5. The van der Waals surface area contributed by atoms with Gasteiger partial charge in [0.25, 0.3) is 5.91 Å². The van der Waals surface area contributed by atoms with Crippen molar-refractivity contribution >= 4 is 16.8 Å². The molecule has 1 saturated heterocycles. The molecule has 0 saturated carbocycles. The summed E-state index contributed by atoms with van der Waals surface area (Å²) in [6.45, 7) is 3.51. The molecular formula is C19H25N3O2. The fraction of sp³-hybridized carbons (Fsp3) is 0.474. The zero-order valence-corrected chi connectivity index (χ0v) is 14.9. The normalized spacial score (nSPS) is 16.0. The molecule has 0 unspecified atom stereocenters. The van der Waals surface area contributed by atoms with Gasteiger partial charge >= 0.3 is 0 Å². The molecule has 1 aromatic carbocycles. The third kappa shape index (κ3) is 3.22. The smallest absolute Gasteiger partial charge is 0.255 e. The lowest BCUT2D eigenvalue weighted by molar-refractivity contribution is 0.0662. The van der Waals surface area contributed by atoms with Crippen LogP contribution >= 0.6 is 0 Å². The van der Waals surface area contributed by atoms with Crippen LogP contribution in [0.2, 0.25) is 0 Å². The minimum Gasteiger partial charge on any atom is -0.497 e. The number of methoxy groups -OCH3 is 1. The van der Waals surface area contributed by atoms with Gasteiger partial charge in [0.05, 0.1) is 23.9 Å². The van der Waals surface area contributed by atoms with E-state index in [2.05, 4.69) is 24.0 Å². The second-order valence-electron chi connectivity index (χ2n) is 6.67. The summed E-state index contributed by atoms with van der Waals surface area (Å²) in [7, 11) is 5.85. The molecule has 0 spiro atoms. The van der Waals surface area contributed by atoms with Crippen LogP contribution in [-0.2, 0) is 0 Å². The molecule has 3 rings (SSSR count). The largest absolute Gasteiger partial charge is 0.497 e. The lowest BCUT2D eigenvalue weighted by atomic mass is 10.0. The average molecular weight is 327 g/mol. The van der Waals surface area contributed by atoms with E-state index in [0.717, 1.165) is 48.3 Å². The van der Waals surface area contributed by atoms with Crippen LogP contribution in [0.15, 0.2) is 24.3 Å². The van der Waals surface area contributed by atoms with E-state index in [1.165, 1.54) is 0 Å². The fourth-order valence-corrected chi connectivity index (χ4v) is 3.35. The summed E-state index contributed by atoms with van der Waals surface area (Å²) in [5.74, 6) is 0.861. The first-order valence-electron chi connectivity index (χ1n) is 8.40. The van der Waals surface area contributed by atoms with E-state index in [-0.39, 0.29) is 5.91 Å². The van der Waals surface area contributed by atoms with E-state index in [9.17, 15) is 4.79 Å². The summed E-state index contributed by atoms with van der Waals surface area (Å²) >= 11 is 0. The lowest BCUT2D eigenvalue weighted by Gasteiger charge is -2.35. The highest BCUT2D eigenvalue weighted by Crippen LogP contribution is 2.24. The number of aromatic nitrogens is 1. The number of nitrogens with zero attached hydrogens (tertiary/aromatic N) is 3. The van der Waals surface area contributed by atoms with Crippen molar-refractivity contribution in [3.8, 4) is 5.75 Å². The Kier molecular flexibility index (Phi) is 4.71. The van der Waals surface area contributed by atoms with Crippen LogP contribution in [0.1, 0.15) is 28.9 Å². The van der Waals surface area contributed by atoms with E-state index < -0.39 is 0 Å². The molecular weight excluding hydrogens is 302 g/mol.